The van der Waals surface area contributed by atoms with Gasteiger partial charge in [0.1, 0.15) is 0 Å². The first kappa shape index (κ1) is 15.0. The number of hydrogen-bond acceptors (Lipinski definition) is 2. The second kappa shape index (κ2) is 6.44. The minimum atomic E-state index is -0.219. The first-order valence-corrected chi connectivity index (χ1v) is 9.09. The van der Waals surface area contributed by atoms with E-state index in [9.17, 15) is 4.79 Å². The van der Waals surface area contributed by atoms with Gasteiger partial charge in [-0.3, -0.25) is 4.79 Å². The van der Waals surface area contributed by atoms with Gasteiger partial charge in [0.05, 0.1) is 0 Å². The van der Waals surface area contributed by atoms with Gasteiger partial charge in [-0.05, 0) is 36.6 Å². The van der Waals surface area contributed by atoms with Crippen LogP contribution in [0.5, 0.6) is 0 Å². The van der Waals surface area contributed by atoms with E-state index in [1.54, 1.807) is 0 Å². The zero-order chi connectivity index (χ0) is 14.7. The molecule has 0 saturated carbocycles. The van der Waals surface area contributed by atoms with Gasteiger partial charge in [0.2, 0.25) is 0 Å². The van der Waals surface area contributed by atoms with Crippen LogP contribution >= 0.6 is 22.6 Å². The van der Waals surface area contributed by atoms with Crippen molar-refractivity contribution in [2.24, 2.45) is 5.41 Å². The smallest absolute Gasteiger partial charge is 0.170 e. The fourth-order valence-corrected chi connectivity index (χ4v) is 4.41. The van der Waals surface area contributed by atoms with Crippen molar-refractivity contribution in [1.82, 2.24) is 5.32 Å². The molecule has 1 heterocycles. The molecule has 1 atom stereocenters. The summed E-state index contributed by atoms with van der Waals surface area (Å²) in [4.78, 5) is 13.3. The molecule has 0 spiro atoms. The monoisotopic (exact) mass is 393 g/mol. The van der Waals surface area contributed by atoms with Crippen LogP contribution in [0, 0.1) is 5.41 Å². The average molecular weight is 393 g/mol. The number of hydrogen-bond donors (Lipinski definition) is 1. The predicted molar refractivity (Wildman–Crippen MR) is 96.3 cm³/mol. The summed E-state index contributed by atoms with van der Waals surface area (Å²) in [5.41, 5.74) is 0.672. The SMILES string of the molecule is O=C(c1cccc2ccccc12)C1(CCI)CCCNC1. The minimum absolute atomic E-state index is 0.219. The van der Waals surface area contributed by atoms with Crippen molar-refractivity contribution in [3.8, 4) is 0 Å². The molecule has 1 unspecified atom stereocenters. The van der Waals surface area contributed by atoms with Crippen LogP contribution in [-0.4, -0.2) is 23.3 Å². The first-order valence-electron chi connectivity index (χ1n) is 7.56. The number of nitrogens with one attached hydrogen (secondary N) is 1. The Morgan fingerprint density at radius 2 is 2.00 bits per heavy atom. The lowest BCUT2D eigenvalue weighted by molar-refractivity contribution is 0.0736. The van der Waals surface area contributed by atoms with Crippen LogP contribution < -0.4 is 5.32 Å². The van der Waals surface area contributed by atoms with Gasteiger partial charge < -0.3 is 5.32 Å². The molecule has 1 aliphatic heterocycles. The zero-order valence-corrected chi connectivity index (χ0v) is 14.2. The number of fused-ring (bicyclic) bond motifs is 1. The van der Waals surface area contributed by atoms with Crippen molar-refractivity contribution in [2.75, 3.05) is 17.5 Å². The molecule has 2 aromatic rings. The topological polar surface area (TPSA) is 29.1 Å². The number of alkyl halides is 1. The summed E-state index contributed by atoms with van der Waals surface area (Å²) in [5, 5.41) is 5.67. The largest absolute Gasteiger partial charge is 0.316 e. The molecule has 1 N–H and O–H groups in total. The number of halogens is 1. The number of piperidine rings is 1. The Labute approximate surface area is 139 Å². The highest BCUT2D eigenvalue weighted by atomic mass is 127. The van der Waals surface area contributed by atoms with Gasteiger partial charge >= 0.3 is 0 Å². The second-order valence-corrected chi connectivity index (χ2v) is 6.93. The quantitative estimate of drug-likeness (QED) is 0.479. The summed E-state index contributed by atoms with van der Waals surface area (Å²) >= 11 is 2.39. The normalized spacial score (nSPS) is 22.3. The molecule has 3 heteroatoms. The van der Waals surface area contributed by atoms with Crippen LogP contribution in [-0.2, 0) is 0 Å². The van der Waals surface area contributed by atoms with E-state index in [0.717, 1.165) is 53.1 Å². The molecule has 0 aliphatic carbocycles. The highest BCUT2D eigenvalue weighted by Gasteiger charge is 2.39. The molecule has 3 rings (SSSR count). The van der Waals surface area contributed by atoms with Crippen LogP contribution in [0.2, 0.25) is 0 Å². The van der Waals surface area contributed by atoms with E-state index in [0.29, 0.717) is 5.78 Å². The molecule has 1 fully saturated rings. The van der Waals surface area contributed by atoms with Gasteiger partial charge in [0.15, 0.2) is 5.78 Å². The van der Waals surface area contributed by atoms with Crippen LogP contribution in [0.3, 0.4) is 0 Å². The number of ketones is 1. The highest BCUT2D eigenvalue weighted by molar-refractivity contribution is 14.1. The third-order valence-corrected chi connectivity index (χ3v) is 5.10. The molecule has 1 aliphatic rings. The molecule has 0 radical (unpaired) electrons. The lowest BCUT2D eigenvalue weighted by Crippen LogP contribution is -2.46. The fourth-order valence-electron chi connectivity index (χ4n) is 3.38. The van der Waals surface area contributed by atoms with Gasteiger partial charge in [-0.1, -0.05) is 65.1 Å². The fraction of sp³-hybridized carbons (Fsp3) is 0.389. The van der Waals surface area contributed by atoms with E-state index in [2.05, 4.69) is 46.1 Å². The number of carbonyl (C=O) groups is 1. The number of carbonyl (C=O) groups excluding carboxylic acids is 1. The maximum Gasteiger partial charge on any atom is 0.170 e. The van der Waals surface area contributed by atoms with Gasteiger partial charge in [-0.25, -0.2) is 0 Å². The van der Waals surface area contributed by atoms with Crippen molar-refractivity contribution in [2.45, 2.75) is 19.3 Å². The molecule has 110 valence electrons. The Hall–Kier alpha value is -0.940. The van der Waals surface area contributed by atoms with E-state index in [4.69, 9.17) is 0 Å². The Balaban J connectivity index is 2.06. The maximum absolute atomic E-state index is 13.3. The Morgan fingerprint density at radius 1 is 1.19 bits per heavy atom. The van der Waals surface area contributed by atoms with Crippen LogP contribution in [0.25, 0.3) is 10.8 Å². The molecular weight excluding hydrogens is 373 g/mol. The van der Waals surface area contributed by atoms with Gasteiger partial charge in [-0.15, -0.1) is 0 Å². The highest BCUT2D eigenvalue weighted by Crippen LogP contribution is 2.36. The molecule has 2 aromatic carbocycles. The third-order valence-electron chi connectivity index (χ3n) is 4.56. The van der Waals surface area contributed by atoms with Crippen molar-refractivity contribution in [3.05, 3.63) is 48.0 Å². The van der Waals surface area contributed by atoms with Crippen molar-refractivity contribution in [3.63, 3.8) is 0 Å². The number of benzene rings is 2. The van der Waals surface area contributed by atoms with E-state index < -0.39 is 0 Å². The van der Waals surface area contributed by atoms with E-state index in [-0.39, 0.29) is 5.41 Å². The average Bonchev–Trinajstić information content (AvgIpc) is 2.55. The first-order chi connectivity index (χ1) is 10.3. The zero-order valence-electron chi connectivity index (χ0n) is 12.1. The molecule has 21 heavy (non-hydrogen) atoms. The lowest BCUT2D eigenvalue weighted by atomic mass is 9.72. The Kier molecular flexibility index (Phi) is 4.60. The van der Waals surface area contributed by atoms with Gasteiger partial charge in [0, 0.05) is 22.0 Å². The van der Waals surface area contributed by atoms with E-state index in [1.807, 2.05) is 24.3 Å². The summed E-state index contributed by atoms with van der Waals surface area (Å²) in [5.74, 6) is 0.322. The number of Topliss-reactive ketones (excluding diaryl/α,β-unsaturated/α-hetero) is 1. The van der Waals surface area contributed by atoms with E-state index in [1.165, 1.54) is 0 Å². The Bertz CT molecular complexity index is 636. The van der Waals surface area contributed by atoms with Crippen LogP contribution in [0.4, 0.5) is 0 Å². The summed E-state index contributed by atoms with van der Waals surface area (Å²) in [6, 6.07) is 14.3. The molecule has 0 bridgehead atoms. The molecule has 2 nitrogen and oxygen atoms in total. The van der Waals surface area contributed by atoms with Crippen LogP contribution in [0.15, 0.2) is 42.5 Å². The summed E-state index contributed by atoms with van der Waals surface area (Å²) in [6.07, 6.45) is 3.06. The van der Waals surface area contributed by atoms with Gasteiger partial charge in [0.25, 0.3) is 0 Å². The summed E-state index contributed by atoms with van der Waals surface area (Å²) in [7, 11) is 0. The van der Waals surface area contributed by atoms with Crippen molar-refractivity contribution >= 4 is 39.1 Å². The van der Waals surface area contributed by atoms with Crippen molar-refractivity contribution < 1.29 is 4.79 Å². The maximum atomic E-state index is 13.3. The summed E-state index contributed by atoms with van der Waals surface area (Å²) < 4.78 is 1.02. The molecule has 0 aromatic heterocycles. The lowest BCUT2D eigenvalue weighted by Gasteiger charge is -2.36. The van der Waals surface area contributed by atoms with Crippen LogP contribution in [0.1, 0.15) is 29.6 Å². The molecule has 1 saturated heterocycles. The predicted octanol–water partition coefficient (Wildman–Crippen LogP) is 4.22. The van der Waals surface area contributed by atoms with Crippen molar-refractivity contribution in [1.29, 1.82) is 0 Å². The van der Waals surface area contributed by atoms with E-state index >= 15 is 0 Å². The minimum Gasteiger partial charge on any atom is -0.316 e. The summed E-state index contributed by atoms with van der Waals surface area (Å²) in [6.45, 7) is 1.85. The second-order valence-electron chi connectivity index (χ2n) is 5.86. The Morgan fingerprint density at radius 3 is 2.76 bits per heavy atom. The molecule has 0 amide bonds. The number of rotatable bonds is 4. The standard InChI is InChI=1S/C18H20INO/c19-11-10-18(9-4-12-20-13-18)17(21)16-8-3-6-14-5-1-2-7-15(14)16/h1-3,5-8,20H,4,9-13H2. The van der Waals surface area contributed by atoms with Gasteiger partial charge in [-0.2, -0.15) is 0 Å². The molecular formula is C18H20INO. The third kappa shape index (κ3) is 2.86.